The predicted molar refractivity (Wildman–Crippen MR) is 127 cm³/mol. The van der Waals surface area contributed by atoms with Crippen LogP contribution in [0.3, 0.4) is 0 Å². The minimum absolute atomic E-state index is 0.0444. The highest BCUT2D eigenvalue weighted by molar-refractivity contribution is 5.68. The lowest BCUT2D eigenvalue weighted by Crippen LogP contribution is -2.46. The molecule has 2 heterocycles. The fourth-order valence-corrected chi connectivity index (χ4v) is 4.36. The molecule has 0 amide bonds. The lowest BCUT2D eigenvalue weighted by molar-refractivity contribution is -0.231. The molecule has 1 aliphatic rings. The largest absolute Gasteiger partial charge is 0.468 e. The summed E-state index contributed by atoms with van der Waals surface area (Å²) in [5.74, 6) is -0.750. The Hall–Kier alpha value is -3.56. The SMILES string of the molecule is COC(=O)Cn1cnc(CN2CCO[C@H](O[C@H](C)c3cc(C(F)(F)F)cc(C(F)(F)F)c3)[C@@H]2c2ccc(F)cc2)n1. The summed E-state index contributed by atoms with van der Waals surface area (Å²) in [6.45, 7) is 1.65. The number of morpholine rings is 1. The van der Waals surface area contributed by atoms with Gasteiger partial charge in [-0.2, -0.15) is 31.4 Å². The van der Waals surface area contributed by atoms with E-state index in [4.69, 9.17) is 9.47 Å². The van der Waals surface area contributed by atoms with Crippen LogP contribution in [-0.2, 0) is 44.4 Å². The molecule has 4 rings (SSSR count). The van der Waals surface area contributed by atoms with Crippen LogP contribution >= 0.6 is 0 Å². The predicted octanol–water partition coefficient (Wildman–Crippen LogP) is 5.31. The number of esters is 1. The van der Waals surface area contributed by atoms with Crippen molar-refractivity contribution >= 4 is 5.97 Å². The van der Waals surface area contributed by atoms with Crippen molar-refractivity contribution in [3.05, 3.63) is 82.7 Å². The van der Waals surface area contributed by atoms with Crippen LogP contribution in [0.1, 0.15) is 47.1 Å². The molecule has 0 saturated carbocycles. The maximum absolute atomic E-state index is 13.7. The summed E-state index contributed by atoms with van der Waals surface area (Å²) in [6, 6.07) is 5.82. The fourth-order valence-electron chi connectivity index (χ4n) is 4.36. The lowest BCUT2D eigenvalue weighted by atomic mass is 10.0. The smallest absolute Gasteiger partial charge is 0.416 e. The van der Waals surface area contributed by atoms with E-state index in [0.29, 0.717) is 30.1 Å². The first-order valence-corrected chi connectivity index (χ1v) is 12.3. The number of aromatic nitrogens is 3. The standard InChI is InChI=1S/C26H25F7N4O4/c1-15(17-9-18(25(28,29)30)11-19(10-17)26(31,32)33)41-24-23(16-3-5-20(27)6-4-16)36(7-8-40-24)12-21-34-14-37(35-21)13-22(38)39-2/h3-6,9-11,14-15,23-24H,7-8,12-13H2,1-2H3/t15-,23+,24-/m1/s1. The number of carbonyl (C=O) groups is 1. The van der Waals surface area contributed by atoms with Crippen molar-refractivity contribution in [3.8, 4) is 0 Å². The lowest BCUT2D eigenvalue weighted by Gasteiger charge is -2.41. The van der Waals surface area contributed by atoms with Gasteiger partial charge in [0.25, 0.3) is 0 Å². The Morgan fingerprint density at radius 1 is 1.07 bits per heavy atom. The van der Waals surface area contributed by atoms with E-state index >= 15 is 0 Å². The molecule has 41 heavy (non-hydrogen) atoms. The van der Waals surface area contributed by atoms with E-state index in [2.05, 4.69) is 14.8 Å². The van der Waals surface area contributed by atoms with Gasteiger partial charge >= 0.3 is 18.3 Å². The second-order valence-corrected chi connectivity index (χ2v) is 9.26. The van der Waals surface area contributed by atoms with Gasteiger partial charge in [0.05, 0.1) is 43.5 Å². The molecule has 1 aliphatic heterocycles. The summed E-state index contributed by atoms with van der Waals surface area (Å²) >= 11 is 0. The molecule has 2 aromatic carbocycles. The quantitative estimate of drug-likeness (QED) is 0.260. The van der Waals surface area contributed by atoms with Gasteiger partial charge in [0.1, 0.15) is 18.7 Å². The third-order valence-corrected chi connectivity index (χ3v) is 6.39. The van der Waals surface area contributed by atoms with E-state index in [1.807, 2.05) is 4.90 Å². The van der Waals surface area contributed by atoms with Gasteiger partial charge in [-0.3, -0.25) is 9.69 Å². The molecule has 0 N–H and O–H groups in total. The van der Waals surface area contributed by atoms with E-state index in [-0.39, 0.29) is 31.3 Å². The van der Waals surface area contributed by atoms with Gasteiger partial charge in [-0.1, -0.05) is 12.1 Å². The second kappa shape index (κ2) is 12.1. The van der Waals surface area contributed by atoms with E-state index in [1.165, 1.54) is 49.3 Å². The highest BCUT2D eigenvalue weighted by Gasteiger charge is 2.39. The van der Waals surface area contributed by atoms with Crippen LogP contribution in [0.2, 0.25) is 0 Å². The highest BCUT2D eigenvalue weighted by atomic mass is 19.4. The highest BCUT2D eigenvalue weighted by Crippen LogP contribution is 2.39. The van der Waals surface area contributed by atoms with Crippen molar-refractivity contribution in [1.82, 2.24) is 19.7 Å². The first kappa shape index (κ1) is 30.4. The maximum Gasteiger partial charge on any atom is 0.416 e. The van der Waals surface area contributed by atoms with Crippen LogP contribution < -0.4 is 0 Å². The molecule has 0 aliphatic carbocycles. The van der Waals surface area contributed by atoms with Crippen molar-refractivity contribution in [2.45, 2.75) is 50.8 Å². The Kier molecular flexibility index (Phi) is 8.99. The Balaban J connectivity index is 1.63. The molecule has 15 heteroatoms. The summed E-state index contributed by atoms with van der Waals surface area (Å²) in [6.07, 6.45) is -11.1. The fraction of sp³-hybridized carbons (Fsp3) is 0.423. The third kappa shape index (κ3) is 7.59. The molecule has 1 fully saturated rings. The molecule has 3 atom stereocenters. The van der Waals surface area contributed by atoms with Gasteiger partial charge in [0.15, 0.2) is 12.1 Å². The number of methoxy groups -OCH3 is 1. The van der Waals surface area contributed by atoms with Crippen molar-refractivity contribution in [2.75, 3.05) is 20.3 Å². The number of hydrogen-bond donors (Lipinski definition) is 0. The van der Waals surface area contributed by atoms with Crippen LogP contribution in [0.4, 0.5) is 30.7 Å². The normalized spacial score (nSPS) is 19.2. The van der Waals surface area contributed by atoms with Gasteiger partial charge in [-0.05, 0) is 48.4 Å². The number of nitrogens with zero attached hydrogens (tertiary/aromatic N) is 4. The molecule has 1 aromatic heterocycles. The van der Waals surface area contributed by atoms with Gasteiger partial charge in [0.2, 0.25) is 0 Å². The van der Waals surface area contributed by atoms with Crippen LogP contribution in [-0.4, -0.2) is 52.2 Å². The van der Waals surface area contributed by atoms with Gasteiger partial charge in [0, 0.05) is 6.54 Å². The van der Waals surface area contributed by atoms with Crippen LogP contribution in [0.15, 0.2) is 48.8 Å². The molecule has 3 aromatic rings. The summed E-state index contributed by atoms with van der Waals surface area (Å²) < 4.78 is 112. The molecular weight excluding hydrogens is 565 g/mol. The van der Waals surface area contributed by atoms with E-state index in [9.17, 15) is 35.5 Å². The van der Waals surface area contributed by atoms with Crippen LogP contribution in [0, 0.1) is 5.82 Å². The second-order valence-electron chi connectivity index (χ2n) is 9.26. The first-order valence-electron chi connectivity index (χ1n) is 12.3. The molecule has 0 radical (unpaired) electrons. The molecule has 222 valence electrons. The van der Waals surface area contributed by atoms with E-state index < -0.39 is 53.7 Å². The third-order valence-electron chi connectivity index (χ3n) is 6.39. The van der Waals surface area contributed by atoms with E-state index in [0.717, 1.165) is 0 Å². The first-order chi connectivity index (χ1) is 19.2. The number of carbonyl (C=O) groups excluding carboxylic acids is 1. The summed E-state index contributed by atoms with van der Waals surface area (Å²) in [4.78, 5) is 17.6. The monoisotopic (exact) mass is 590 g/mol. The molecule has 0 unspecified atom stereocenters. The Bertz CT molecular complexity index is 1310. The Morgan fingerprint density at radius 2 is 1.71 bits per heavy atom. The molecule has 1 saturated heterocycles. The summed E-state index contributed by atoms with van der Waals surface area (Å²) in [5, 5.41) is 4.24. The zero-order valence-electron chi connectivity index (χ0n) is 21.7. The zero-order chi connectivity index (χ0) is 29.9. The minimum atomic E-state index is -5.02. The van der Waals surface area contributed by atoms with Crippen molar-refractivity contribution < 1.29 is 49.7 Å². The average molecular weight is 590 g/mol. The zero-order valence-corrected chi connectivity index (χ0v) is 21.7. The molecule has 8 nitrogen and oxygen atoms in total. The number of rotatable bonds is 8. The average Bonchev–Trinajstić information content (AvgIpc) is 3.34. The number of benzene rings is 2. The Morgan fingerprint density at radius 3 is 2.29 bits per heavy atom. The number of halogens is 7. The molecule has 0 bridgehead atoms. The van der Waals surface area contributed by atoms with Crippen molar-refractivity contribution in [1.29, 1.82) is 0 Å². The van der Waals surface area contributed by atoms with Gasteiger partial charge in [-0.25, -0.2) is 14.1 Å². The van der Waals surface area contributed by atoms with E-state index in [1.54, 1.807) is 0 Å². The van der Waals surface area contributed by atoms with Gasteiger partial charge in [-0.15, -0.1) is 0 Å². The van der Waals surface area contributed by atoms with Crippen molar-refractivity contribution in [2.24, 2.45) is 0 Å². The summed E-state index contributed by atoms with van der Waals surface area (Å²) in [7, 11) is 1.23. The topological polar surface area (TPSA) is 78.7 Å². The number of hydrogen-bond acceptors (Lipinski definition) is 7. The number of alkyl halides is 6. The summed E-state index contributed by atoms with van der Waals surface area (Å²) in [5.41, 5.74) is -2.77. The van der Waals surface area contributed by atoms with Crippen LogP contribution in [0.5, 0.6) is 0 Å². The van der Waals surface area contributed by atoms with Crippen LogP contribution in [0.25, 0.3) is 0 Å². The number of ether oxygens (including phenoxy) is 3. The Labute approximate surface area is 229 Å². The van der Waals surface area contributed by atoms with Crippen molar-refractivity contribution in [3.63, 3.8) is 0 Å². The molecule has 0 spiro atoms. The maximum atomic E-state index is 13.7. The molecular formula is C26H25F7N4O4. The van der Waals surface area contributed by atoms with Gasteiger partial charge < -0.3 is 14.2 Å². The minimum Gasteiger partial charge on any atom is -0.468 e.